The fraction of sp³-hybridized carbons (Fsp3) is 0.647. The minimum absolute atomic E-state index is 0.0419. The van der Waals surface area contributed by atoms with Crippen LogP contribution in [0.25, 0.3) is 0 Å². The number of piperidine rings is 1. The summed E-state index contributed by atoms with van der Waals surface area (Å²) in [6.45, 7) is 4.56. The highest BCUT2D eigenvalue weighted by Crippen LogP contribution is 2.26. The third-order valence-corrected chi connectivity index (χ3v) is 4.87. The van der Waals surface area contributed by atoms with Crippen LogP contribution in [0.15, 0.2) is 12.1 Å². The summed E-state index contributed by atoms with van der Waals surface area (Å²) in [6, 6.07) is 3.66. The molecule has 0 aliphatic carbocycles. The van der Waals surface area contributed by atoms with Gasteiger partial charge < -0.3 is 9.64 Å². The van der Waals surface area contributed by atoms with E-state index >= 15 is 0 Å². The quantitative estimate of drug-likeness (QED) is 0.831. The number of hydrogen-bond acceptors (Lipinski definition) is 3. The van der Waals surface area contributed by atoms with Crippen molar-refractivity contribution < 1.29 is 13.5 Å². The lowest BCUT2D eigenvalue weighted by molar-refractivity contribution is 0.120. The summed E-state index contributed by atoms with van der Waals surface area (Å²) in [5, 5.41) is 0. The molecule has 1 atom stereocenters. The molecule has 2 rings (SSSR count). The summed E-state index contributed by atoms with van der Waals surface area (Å²) >= 11 is 0. The zero-order chi connectivity index (χ0) is 16.3. The standard InChI is InChI=1S/C17H26F2N2O/c1-12(20(2)3)13-7-9-21(10-8-13)11-14-5-6-15(22-4)17(19)16(14)18/h5-6,12-13H,7-11H2,1-4H3/t12-/m1/s1. The van der Waals surface area contributed by atoms with Crippen LogP contribution in [0.3, 0.4) is 0 Å². The minimum Gasteiger partial charge on any atom is -0.494 e. The van der Waals surface area contributed by atoms with E-state index in [1.54, 1.807) is 6.07 Å². The van der Waals surface area contributed by atoms with Crippen LogP contribution in [-0.4, -0.2) is 50.1 Å². The topological polar surface area (TPSA) is 15.7 Å². The normalized spacial score (nSPS) is 18.7. The molecular formula is C17H26F2N2O. The molecule has 0 bridgehead atoms. The number of methoxy groups -OCH3 is 1. The maximum Gasteiger partial charge on any atom is 0.200 e. The first-order chi connectivity index (χ1) is 10.4. The maximum atomic E-state index is 14.0. The van der Waals surface area contributed by atoms with Crippen LogP contribution < -0.4 is 4.74 Å². The van der Waals surface area contributed by atoms with Gasteiger partial charge in [0.1, 0.15) is 0 Å². The molecule has 22 heavy (non-hydrogen) atoms. The molecule has 0 aromatic heterocycles. The lowest BCUT2D eigenvalue weighted by Crippen LogP contribution is -2.41. The van der Waals surface area contributed by atoms with E-state index in [4.69, 9.17) is 4.74 Å². The molecule has 1 aromatic carbocycles. The highest BCUT2D eigenvalue weighted by atomic mass is 19.2. The molecule has 124 valence electrons. The molecule has 1 heterocycles. The van der Waals surface area contributed by atoms with Crippen molar-refractivity contribution in [1.29, 1.82) is 0 Å². The van der Waals surface area contributed by atoms with Crippen molar-refractivity contribution in [3.63, 3.8) is 0 Å². The Balaban J connectivity index is 1.95. The number of nitrogens with zero attached hydrogens (tertiary/aromatic N) is 2. The van der Waals surface area contributed by atoms with E-state index in [-0.39, 0.29) is 5.75 Å². The second-order valence-electron chi connectivity index (χ2n) is 6.37. The molecule has 0 spiro atoms. The third-order valence-electron chi connectivity index (χ3n) is 4.87. The van der Waals surface area contributed by atoms with Crippen molar-refractivity contribution in [3.05, 3.63) is 29.3 Å². The van der Waals surface area contributed by atoms with E-state index in [1.807, 2.05) is 0 Å². The van der Waals surface area contributed by atoms with E-state index < -0.39 is 11.6 Å². The van der Waals surface area contributed by atoms with Gasteiger partial charge in [0, 0.05) is 18.2 Å². The van der Waals surface area contributed by atoms with Crippen LogP contribution in [0.4, 0.5) is 8.78 Å². The predicted octanol–water partition coefficient (Wildman–Crippen LogP) is 3.14. The Morgan fingerprint density at radius 2 is 1.86 bits per heavy atom. The van der Waals surface area contributed by atoms with Crippen LogP contribution in [0.1, 0.15) is 25.3 Å². The summed E-state index contributed by atoms with van der Waals surface area (Å²) in [6.07, 6.45) is 2.19. The van der Waals surface area contributed by atoms with Crippen molar-refractivity contribution in [1.82, 2.24) is 9.80 Å². The Morgan fingerprint density at radius 3 is 2.41 bits per heavy atom. The SMILES string of the molecule is COc1ccc(CN2CCC([C@@H](C)N(C)C)CC2)c(F)c1F. The molecule has 0 saturated carbocycles. The maximum absolute atomic E-state index is 14.0. The summed E-state index contributed by atoms with van der Waals surface area (Å²) in [7, 11) is 5.55. The molecule has 1 aliphatic heterocycles. The first kappa shape index (κ1) is 17.2. The van der Waals surface area contributed by atoms with Crippen LogP contribution in [0, 0.1) is 17.6 Å². The largest absolute Gasteiger partial charge is 0.494 e. The molecule has 0 unspecified atom stereocenters. The monoisotopic (exact) mass is 312 g/mol. The van der Waals surface area contributed by atoms with E-state index in [2.05, 4.69) is 30.8 Å². The van der Waals surface area contributed by atoms with E-state index in [0.29, 0.717) is 24.1 Å². The number of hydrogen-bond donors (Lipinski definition) is 0. The average Bonchev–Trinajstić information content (AvgIpc) is 2.52. The Hall–Kier alpha value is -1.20. The van der Waals surface area contributed by atoms with Gasteiger partial charge in [-0.2, -0.15) is 4.39 Å². The first-order valence-corrected chi connectivity index (χ1v) is 7.83. The highest BCUT2D eigenvalue weighted by Gasteiger charge is 2.25. The van der Waals surface area contributed by atoms with Gasteiger partial charge in [-0.25, -0.2) is 4.39 Å². The second-order valence-corrected chi connectivity index (χ2v) is 6.37. The lowest BCUT2D eigenvalue weighted by Gasteiger charge is -2.37. The van der Waals surface area contributed by atoms with Gasteiger partial charge in [-0.1, -0.05) is 6.07 Å². The van der Waals surface area contributed by atoms with E-state index in [0.717, 1.165) is 25.9 Å². The second kappa shape index (κ2) is 7.38. The van der Waals surface area contributed by atoms with Crippen molar-refractivity contribution in [3.8, 4) is 5.75 Å². The average molecular weight is 312 g/mol. The van der Waals surface area contributed by atoms with E-state index in [9.17, 15) is 8.78 Å². The van der Waals surface area contributed by atoms with Gasteiger partial charge in [0.05, 0.1) is 7.11 Å². The smallest absolute Gasteiger partial charge is 0.200 e. The molecule has 1 saturated heterocycles. The molecule has 3 nitrogen and oxygen atoms in total. The Morgan fingerprint density at radius 1 is 1.23 bits per heavy atom. The summed E-state index contributed by atoms with van der Waals surface area (Å²) in [5.74, 6) is -1.05. The van der Waals surface area contributed by atoms with Crippen molar-refractivity contribution in [2.45, 2.75) is 32.4 Å². The summed E-state index contributed by atoms with van der Waals surface area (Å²) in [5.41, 5.74) is 0.400. The molecule has 5 heteroatoms. The van der Waals surface area contributed by atoms with Crippen LogP contribution in [0.5, 0.6) is 5.75 Å². The molecule has 1 fully saturated rings. The molecular weight excluding hydrogens is 286 g/mol. The van der Waals surface area contributed by atoms with Gasteiger partial charge in [-0.05, 0) is 58.9 Å². The number of rotatable bonds is 5. The molecule has 0 radical (unpaired) electrons. The van der Waals surface area contributed by atoms with Gasteiger partial charge >= 0.3 is 0 Å². The zero-order valence-corrected chi connectivity index (χ0v) is 13.9. The van der Waals surface area contributed by atoms with Crippen molar-refractivity contribution in [2.75, 3.05) is 34.3 Å². The summed E-state index contributed by atoms with van der Waals surface area (Å²) < 4.78 is 32.6. The summed E-state index contributed by atoms with van der Waals surface area (Å²) in [4.78, 5) is 4.45. The van der Waals surface area contributed by atoms with Gasteiger partial charge in [0.2, 0.25) is 5.82 Å². The van der Waals surface area contributed by atoms with Gasteiger partial charge in [-0.15, -0.1) is 0 Å². The Bertz CT molecular complexity index is 500. The van der Waals surface area contributed by atoms with Gasteiger partial charge in [-0.3, -0.25) is 4.90 Å². The fourth-order valence-electron chi connectivity index (χ4n) is 3.11. The molecule has 0 amide bonds. The fourth-order valence-corrected chi connectivity index (χ4v) is 3.11. The van der Waals surface area contributed by atoms with Gasteiger partial charge in [0.25, 0.3) is 0 Å². The molecule has 1 aliphatic rings. The number of halogens is 2. The Labute approximate surface area is 131 Å². The van der Waals surface area contributed by atoms with Gasteiger partial charge in [0.15, 0.2) is 11.6 Å². The molecule has 1 aromatic rings. The van der Waals surface area contributed by atoms with Crippen molar-refractivity contribution >= 4 is 0 Å². The molecule has 0 N–H and O–H groups in total. The number of benzene rings is 1. The third kappa shape index (κ3) is 3.76. The van der Waals surface area contributed by atoms with Crippen LogP contribution in [0.2, 0.25) is 0 Å². The van der Waals surface area contributed by atoms with E-state index in [1.165, 1.54) is 13.2 Å². The van der Waals surface area contributed by atoms with Crippen LogP contribution >= 0.6 is 0 Å². The minimum atomic E-state index is -0.892. The zero-order valence-electron chi connectivity index (χ0n) is 13.9. The predicted molar refractivity (Wildman–Crippen MR) is 84.1 cm³/mol. The highest BCUT2D eigenvalue weighted by molar-refractivity contribution is 5.31. The first-order valence-electron chi connectivity index (χ1n) is 7.83. The number of ether oxygens (including phenoxy) is 1. The van der Waals surface area contributed by atoms with Crippen LogP contribution in [-0.2, 0) is 6.54 Å². The Kier molecular flexibility index (Phi) is 5.75. The number of likely N-dealkylation sites (tertiary alicyclic amines) is 1. The lowest BCUT2D eigenvalue weighted by atomic mass is 9.89. The van der Waals surface area contributed by atoms with Crippen molar-refractivity contribution in [2.24, 2.45) is 5.92 Å².